The molecule has 52 valence electrons. The molecule has 9 heavy (non-hydrogen) atoms. The van der Waals surface area contributed by atoms with E-state index in [4.69, 9.17) is 5.53 Å². The molecule has 0 fully saturated rings. The van der Waals surface area contributed by atoms with Crippen LogP contribution in [0.3, 0.4) is 0 Å². The van der Waals surface area contributed by atoms with E-state index in [0.29, 0.717) is 6.16 Å². The molecule has 1 atom stereocenters. The molecule has 0 aromatic carbocycles. The summed E-state index contributed by atoms with van der Waals surface area (Å²) in [6.45, 7) is 2.01. The lowest BCUT2D eigenvalue weighted by Crippen LogP contribution is -1.72. The molecule has 0 aliphatic rings. The number of azide groups is 1. The fraction of sp³-hybridized carbons (Fsp3) is 1.00. The van der Waals surface area contributed by atoms with Crippen LogP contribution in [0, 0.1) is 0 Å². The van der Waals surface area contributed by atoms with Crippen molar-refractivity contribution in [1.82, 2.24) is 0 Å². The quantitative estimate of drug-likeness (QED) is 0.261. The summed E-state index contributed by atoms with van der Waals surface area (Å²) in [4.78, 5) is 5.54. The van der Waals surface area contributed by atoms with Gasteiger partial charge in [-0.3, -0.25) is 0 Å². The maximum absolute atomic E-state index is 10.6. The van der Waals surface area contributed by atoms with Crippen molar-refractivity contribution < 1.29 is 4.57 Å². The molecule has 0 radical (unpaired) electrons. The van der Waals surface area contributed by atoms with Gasteiger partial charge in [0, 0.05) is 11.1 Å². The summed E-state index contributed by atoms with van der Waals surface area (Å²) in [5.74, 6) is 0. The Morgan fingerprint density at radius 1 is 1.78 bits per heavy atom. The summed E-state index contributed by atoms with van der Waals surface area (Å²) < 4.78 is 10.6. The zero-order valence-corrected chi connectivity index (χ0v) is 6.37. The number of hydrogen-bond donors (Lipinski definition) is 0. The van der Waals surface area contributed by atoms with Crippen molar-refractivity contribution in [2.24, 2.45) is 4.88 Å². The molecule has 0 saturated carbocycles. The third-order valence-corrected chi connectivity index (χ3v) is 1.99. The number of hydrogen-bond acceptors (Lipinski definition) is 1. The van der Waals surface area contributed by atoms with Crippen molar-refractivity contribution in [3.05, 3.63) is 10.4 Å². The summed E-state index contributed by atoms with van der Waals surface area (Å²) in [5.41, 5.74) is 7.82. The van der Waals surface area contributed by atoms with Crippen molar-refractivity contribution in [2.45, 2.75) is 19.8 Å². The van der Waals surface area contributed by atoms with E-state index in [2.05, 4.69) is 9.80 Å². The largest absolute Gasteiger partial charge is 0.320 e. The molecule has 0 aromatic rings. The summed E-state index contributed by atoms with van der Waals surface area (Å²) >= 11 is 0. The Hall–Kier alpha value is -0.460. The molecule has 5 heteroatoms. The van der Waals surface area contributed by atoms with Gasteiger partial charge in [0.2, 0.25) is 0 Å². The van der Waals surface area contributed by atoms with Crippen LogP contribution in [-0.2, 0) is 4.57 Å². The van der Waals surface area contributed by atoms with Crippen LogP contribution in [0.5, 0.6) is 0 Å². The van der Waals surface area contributed by atoms with Crippen LogP contribution in [0.15, 0.2) is 4.88 Å². The van der Waals surface area contributed by atoms with Crippen molar-refractivity contribution in [3.63, 3.8) is 0 Å². The number of unbranched alkanes of at least 4 members (excludes halogenated alkanes) is 1. The minimum Gasteiger partial charge on any atom is -0.320 e. The first-order chi connectivity index (χ1) is 4.31. The molecule has 4 nitrogen and oxygen atoms in total. The Bertz CT molecular complexity index is 141. The second-order valence-electron chi connectivity index (χ2n) is 1.69. The van der Waals surface area contributed by atoms with Crippen LogP contribution in [0.4, 0.5) is 0 Å². The van der Waals surface area contributed by atoms with Gasteiger partial charge in [-0.05, 0) is 16.8 Å². The fourth-order valence-electron chi connectivity index (χ4n) is 0.428. The van der Waals surface area contributed by atoms with E-state index in [1.165, 1.54) is 0 Å². The van der Waals surface area contributed by atoms with Crippen molar-refractivity contribution >= 4 is 7.95 Å². The standard InChI is InChI=1S/C4H10N3OP/c1-2-3-4-9(8)7-6-5/h9H,2-4H2,1H3. The Kier molecular flexibility index (Phi) is 5.38. The molecular weight excluding hydrogens is 137 g/mol. The first-order valence-corrected chi connectivity index (χ1v) is 4.45. The minimum atomic E-state index is -1.94. The smallest absolute Gasteiger partial charge is 0.162 e. The number of nitrogens with zero attached hydrogens (tertiary/aromatic N) is 3. The van der Waals surface area contributed by atoms with E-state index in [-0.39, 0.29) is 0 Å². The fourth-order valence-corrected chi connectivity index (χ4v) is 1.28. The van der Waals surface area contributed by atoms with Crippen LogP contribution in [0.2, 0.25) is 0 Å². The highest BCUT2D eigenvalue weighted by molar-refractivity contribution is 7.42. The van der Waals surface area contributed by atoms with E-state index >= 15 is 0 Å². The molecule has 0 heterocycles. The maximum Gasteiger partial charge on any atom is 0.162 e. The number of rotatable bonds is 4. The lowest BCUT2D eigenvalue weighted by Gasteiger charge is -1.88. The lowest BCUT2D eigenvalue weighted by molar-refractivity contribution is 0.586. The van der Waals surface area contributed by atoms with Gasteiger partial charge in [-0.25, -0.2) is 0 Å². The van der Waals surface area contributed by atoms with Crippen LogP contribution in [-0.4, -0.2) is 6.16 Å². The maximum atomic E-state index is 10.6. The lowest BCUT2D eigenvalue weighted by atomic mass is 10.4. The Labute approximate surface area is 54.7 Å². The first kappa shape index (κ1) is 8.54. The molecule has 0 amide bonds. The van der Waals surface area contributed by atoms with Crippen LogP contribution < -0.4 is 0 Å². The van der Waals surface area contributed by atoms with Crippen molar-refractivity contribution in [3.8, 4) is 0 Å². The average Bonchev–Trinajstić information content (AvgIpc) is 1.85. The third-order valence-electron chi connectivity index (χ3n) is 0.900. The van der Waals surface area contributed by atoms with E-state index < -0.39 is 7.95 Å². The average molecular weight is 147 g/mol. The van der Waals surface area contributed by atoms with E-state index in [0.717, 1.165) is 12.8 Å². The molecular formula is C4H10N3OP. The molecule has 1 unspecified atom stereocenters. The van der Waals surface area contributed by atoms with Gasteiger partial charge in [0.25, 0.3) is 0 Å². The molecule has 0 aliphatic heterocycles. The van der Waals surface area contributed by atoms with Crippen LogP contribution in [0.1, 0.15) is 19.8 Å². The highest BCUT2D eigenvalue weighted by Crippen LogP contribution is 2.23. The SMILES string of the molecule is CCCC[PH](=O)N=[N+]=[N-]. The van der Waals surface area contributed by atoms with Gasteiger partial charge in [-0.2, -0.15) is 0 Å². The predicted octanol–water partition coefficient (Wildman–Crippen LogP) is 2.57. The van der Waals surface area contributed by atoms with Crippen molar-refractivity contribution in [1.29, 1.82) is 0 Å². The highest BCUT2D eigenvalue weighted by Gasteiger charge is 1.91. The van der Waals surface area contributed by atoms with Gasteiger partial charge < -0.3 is 4.57 Å². The van der Waals surface area contributed by atoms with Crippen LogP contribution in [0.25, 0.3) is 10.4 Å². The molecule has 0 N–H and O–H groups in total. The van der Waals surface area contributed by atoms with E-state index in [1.807, 2.05) is 6.92 Å². The van der Waals surface area contributed by atoms with Gasteiger partial charge in [0.15, 0.2) is 7.95 Å². The zero-order chi connectivity index (χ0) is 7.11. The highest BCUT2D eigenvalue weighted by atomic mass is 31.1. The predicted molar refractivity (Wildman–Crippen MR) is 37.9 cm³/mol. The topological polar surface area (TPSA) is 65.8 Å². The van der Waals surface area contributed by atoms with Crippen molar-refractivity contribution in [2.75, 3.05) is 6.16 Å². The zero-order valence-electron chi connectivity index (χ0n) is 5.37. The second-order valence-corrected chi connectivity index (χ2v) is 3.17. The molecule has 0 bridgehead atoms. The van der Waals surface area contributed by atoms with Gasteiger partial charge in [-0.1, -0.05) is 13.3 Å². The molecule has 0 spiro atoms. The van der Waals surface area contributed by atoms with Crippen LogP contribution >= 0.6 is 7.95 Å². The Morgan fingerprint density at radius 2 is 2.44 bits per heavy atom. The second kappa shape index (κ2) is 5.67. The normalized spacial score (nSPS) is 12.1. The molecule has 0 aliphatic carbocycles. The monoisotopic (exact) mass is 147 g/mol. The summed E-state index contributed by atoms with van der Waals surface area (Å²) in [6.07, 6.45) is 2.44. The van der Waals surface area contributed by atoms with Gasteiger partial charge >= 0.3 is 0 Å². The minimum absolute atomic E-state index is 0.561. The first-order valence-electron chi connectivity index (χ1n) is 2.89. The third kappa shape index (κ3) is 5.41. The van der Waals surface area contributed by atoms with Gasteiger partial charge in [0.1, 0.15) is 0 Å². The Morgan fingerprint density at radius 3 is 2.89 bits per heavy atom. The van der Waals surface area contributed by atoms with Gasteiger partial charge in [0.05, 0.1) is 0 Å². The molecule has 0 aromatic heterocycles. The van der Waals surface area contributed by atoms with E-state index in [9.17, 15) is 4.57 Å². The molecule has 0 saturated heterocycles. The summed E-state index contributed by atoms with van der Waals surface area (Å²) in [5, 5.41) is 0. The van der Waals surface area contributed by atoms with Gasteiger partial charge in [-0.15, -0.1) is 0 Å². The summed E-state index contributed by atoms with van der Waals surface area (Å²) in [7, 11) is -1.94. The molecule has 0 rings (SSSR count). The van der Waals surface area contributed by atoms with E-state index in [1.54, 1.807) is 0 Å². The Balaban J connectivity index is 3.39. The summed E-state index contributed by atoms with van der Waals surface area (Å²) in [6, 6.07) is 0.